The maximum Gasteiger partial charge on any atom is 0.150 e. The Morgan fingerprint density at radius 2 is 2.00 bits per heavy atom. The molecule has 1 aromatic carbocycles. The molecule has 0 aliphatic rings. The maximum atomic E-state index is 10.3. The highest BCUT2D eigenvalue weighted by Crippen LogP contribution is 2.04. The Morgan fingerprint density at radius 3 is 2.42 bits per heavy atom. The quantitative estimate of drug-likeness (QED) is 0.684. The highest BCUT2D eigenvalue weighted by Gasteiger charge is 1.96. The number of aldehydes is 1. The van der Waals surface area contributed by atoms with E-state index in [2.05, 4.69) is 0 Å². The molecule has 2 nitrogen and oxygen atoms in total. The molecule has 0 heterocycles. The minimum Gasteiger partial charge on any atom is -0.328 e. The zero-order valence-electron chi connectivity index (χ0n) is 7.16. The van der Waals surface area contributed by atoms with Crippen LogP contribution in [-0.4, -0.2) is 12.3 Å². The van der Waals surface area contributed by atoms with Gasteiger partial charge < -0.3 is 5.73 Å². The molecule has 0 saturated carbocycles. The second-order valence-corrected chi connectivity index (χ2v) is 3.04. The highest BCUT2D eigenvalue weighted by atomic mass is 16.1. The third kappa shape index (κ3) is 2.47. The zero-order chi connectivity index (χ0) is 8.97. The van der Waals surface area contributed by atoms with Crippen molar-refractivity contribution >= 4 is 6.29 Å². The van der Waals surface area contributed by atoms with E-state index < -0.39 is 0 Å². The van der Waals surface area contributed by atoms with Gasteiger partial charge in [0.1, 0.15) is 6.29 Å². The van der Waals surface area contributed by atoms with Crippen molar-refractivity contribution in [2.45, 2.75) is 19.4 Å². The summed E-state index contributed by atoms with van der Waals surface area (Å²) in [5.74, 6) is 0. The van der Waals surface area contributed by atoms with Gasteiger partial charge in [0.2, 0.25) is 0 Å². The number of hydrogen-bond donors (Lipinski definition) is 1. The summed E-state index contributed by atoms with van der Waals surface area (Å²) in [6.45, 7) is 1.97. The Labute approximate surface area is 72.4 Å². The number of rotatable bonds is 3. The van der Waals surface area contributed by atoms with Gasteiger partial charge in [-0.05, 0) is 18.9 Å². The smallest absolute Gasteiger partial charge is 0.150 e. The topological polar surface area (TPSA) is 43.1 Å². The summed E-state index contributed by atoms with van der Waals surface area (Å²) in [7, 11) is 0. The van der Waals surface area contributed by atoms with Crippen molar-refractivity contribution in [1.82, 2.24) is 0 Å². The van der Waals surface area contributed by atoms with Crippen LogP contribution in [0.3, 0.4) is 0 Å². The van der Waals surface area contributed by atoms with Gasteiger partial charge in [-0.25, -0.2) is 0 Å². The first kappa shape index (κ1) is 8.94. The molecule has 0 aliphatic carbocycles. The van der Waals surface area contributed by atoms with Crippen LogP contribution in [0.2, 0.25) is 0 Å². The lowest BCUT2D eigenvalue weighted by molar-refractivity contribution is 0.112. The van der Waals surface area contributed by atoms with Crippen molar-refractivity contribution in [2.75, 3.05) is 0 Å². The molecule has 0 amide bonds. The fourth-order valence-electron chi connectivity index (χ4n) is 1.10. The van der Waals surface area contributed by atoms with E-state index in [9.17, 15) is 4.79 Å². The van der Waals surface area contributed by atoms with Crippen LogP contribution in [0.25, 0.3) is 0 Å². The molecule has 0 fully saturated rings. The Balaban J connectivity index is 2.71. The van der Waals surface area contributed by atoms with Crippen molar-refractivity contribution in [3.63, 3.8) is 0 Å². The average Bonchev–Trinajstić information content (AvgIpc) is 2.05. The molecular formula is C10H13NO. The summed E-state index contributed by atoms with van der Waals surface area (Å²) in [5.41, 5.74) is 7.51. The van der Waals surface area contributed by atoms with Crippen LogP contribution < -0.4 is 5.73 Å². The minimum atomic E-state index is 0.173. The first-order valence-electron chi connectivity index (χ1n) is 4.02. The molecule has 0 aromatic heterocycles. The van der Waals surface area contributed by atoms with E-state index in [1.165, 1.54) is 5.56 Å². The molecule has 0 bridgehead atoms. The Hall–Kier alpha value is -1.15. The second-order valence-electron chi connectivity index (χ2n) is 3.04. The summed E-state index contributed by atoms with van der Waals surface area (Å²) in [4.78, 5) is 10.3. The predicted octanol–water partition coefficient (Wildman–Crippen LogP) is 1.39. The van der Waals surface area contributed by atoms with Gasteiger partial charge in [0.05, 0.1) is 0 Å². The number of carbonyl (C=O) groups is 1. The molecule has 2 N–H and O–H groups in total. The van der Waals surface area contributed by atoms with Gasteiger partial charge in [0.15, 0.2) is 0 Å². The molecule has 1 atom stereocenters. The van der Waals surface area contributed by atoms with Crippen molar-refractivity contribution in [3.8, 4) is 0 Å². The van der Waals surface area contributed by atoms with Crippen molar-refractivity contribution < 1.29 is 4.79 Å². The Bertz CT molecular complexity index is 251. The maximum absolute atomic E-state index is 10.3. The summed E-state index contributed by atoms with van der Waals surface area (Å²) in [6, 6.07) is 7.67. The molecule has 0 saturated heterocycles. The van der Waals surface area contributed by atoms with Crippen LogP contribution in [0.1, 0.15) is 22.8 Å². The SMILES string of the molecule is CC(N)Cc1ccc(C=O)cc1. The summed E-state index contributed by atoms with van der Waals surface area (Å²) >= 11 is 0. The van der Waals surface area contributed by atoms with Gasteiger partial charge in [-0.1, -0.05) is 24.3 Å². The molecule has 0 radical (unpaired) electrons. The van der Waals surface area contributed by atoms with Crippen LogP contribution in [0.15, 0.2) is 24.3 Å². The van der Waals surface area contributed by atoms with Gasteiger partial charge in [0, 0.05) is 11.6 Å². The molecular weight excluding hydrogens is 150 g/mol. The van der Waals surface area contributed by atoms with E-state index in [0.717, 1.165) is 12.7 Å². The van der Waals surface area contributed by atoms with E-state index in [4.69, 9.17) is 5.73 Å². The van der Waals surface area contributed by atoms with E-state index in [-0.39, 0.29) is 6.04 Å². The number of carbonyl (C=O) groups excluding carboxylic acids is 1. The van der Waals surface area contributed by atoms with E-state index in [1.54, 1.807) is 0 Å². The third-order valence-corrected chi connectivity index (χ3v) is 1.67. The fourth-order valence-corrected chi connectivity index (χ4v) is 1.10. The number of nitrogens with two attached hydrogens (primary N) is 1. The molecule has 0 aliphatic heterocycles. The molecule has 64 valence electrons. The molecule has 1 unspecified atom stereocenters. The molecule has 12 heavy (non-hydrogen) atoms. The monoisotopic (exact) mass is 163 g/mol. The van der Waals surface area contributed by atoms with E-state index >= 15 is 0 Å². The van der Waals surface area contributed by atoms with Crippen molar-refractivity contribution in [3.05, 3.63) is 35.4 Å². The molecule has 1 rings (SSSR count). The van der Waals surface area contributed by atoms with Crippen LogP contribution in [0.5, 0.6) is 0 Å². The zero-order valence-corrected chi connectivity index (χ0v) is 7.16. The summed E-state index contributed by atoms with van der Waals surface area (Å²) < 4.78 is 0. The highest BCUT2D eigenvalue weighted by molar-refractivity contribution is 5.74. The number of benzene rings is 1. The Kier molecular flexibility index (Phi) is 3.00. The van der Waals surface area contributed by atoms with Gasteiger partial charge in [-0.3, -0.25) is 4.79 Å². The first-order chi connectivity index (χ1) is 5.72. The predicted molar refractivity (Wildman–Crippen MR) is 49.2 cm³/mol. The normalized spacial score (nSPS) is 12.5. The largest absolute Gasteiger partial charge is 0.328 e. The lowest BCUT2D eigenvalue weighted by Gasteiger charge is -2.04. The van der Waals surface area contributed by atoms with Crippen LogP contribution in [-0.2, 0) is 6.42 Å². The van der Waals surface area contributed by atoms with Gasteiger partial charge >= 0.3 is 0 Å². The summed E-state index contributed by atoms with van der Waals surface area (Å²) in [5, 5.41) is 0. The van der Waals surface area contributed by atoms with Gasteiger partial charge in [-0.2, -0.15) is 0 Å². The minimum absolute atomic E-state index is 0.173. The number of hydrogen-bond acceptors (Lipinski definition) is 2. The van der Waals surface area contributed by atoms with Crippen LogP contribution in [0.4, 0.5) is 0 Å². The molecule has 1 aromatic rings. The van der Waals surface area contributed by atoms with Gasteiger partial charge in [-0.15, -0.1) is 0 Å². The molecule has 2 heteroatoms. The standard InChI is InChI=1S/C10H13NO/c1-8(11)6-9-2-4-10(7-12)5-3-9/h2-5,7-8H,6,11H2,1H3. The first-order valence-corrected chi connectivity index (χ1v) is 4.02. The van der Waals surface area contributed by atoms with E-state index in [0.29, 0.717) is 5.56 Å². The lowest BCUT2D eigenvalue weighted by Crippen LogP contribution is -2.17. The van der Waals surface area contributed by atoms with Crippen molar-refractivity contribution in [1.29, 1.82) is 0 Å². The fraction of sp³-hybridized carbons (Fsp3) is 0.300. The van der Waals surface area contributed by atoms with E-state index in [1.807, 2.05) is 31.2 Å². The third-order valence-electron chi connectivity index (χ3n) is 1.67. The van der Waals surface area contributed by atoms with Crippen LogP contribution >= 0.6 is 0 Å². The van der Waals surface area contributed by atoms with Crippen LogP contribution in [0, 0.1) is 0 Å². The second kappa shape index (κ2) is 4.02. The Morgan fingerprint density at radius 1 is 1.42 bits per heavy atom. The summed E-state index contributed by atoms with van der Waals surface area (Å²) in [6.07, 6.45) is 1.70. The van der Waals surface area contributed by atoms with Crippen molar-refractivity contribution in [2.24, 2.45) is 5.73 Å². The van der Waals surface area contributed by atoms with Gasteiger partial charge in [0.25, 0.3) is 0 Å². The molecule has 0 spiro atoms. The lowest BCUT2D eigenvalue weighted by atomic mass is 10.1. The average molecular weight is 163 g/mol.